The van der Waals surface area contributed by atoms with E-state index in [1.165, 1.54) is 35.9 Å². The highest BCUT2D eigenvalue weighted by molar-refractivity contribution is 7.18. The Kier molecular flexibility index (Phi) is 3.69. The summed E-state index contributed by atoms with van der Waals surface area (Å²) in [6, 6.07) is 0. The predicted octanol–water partition coefficient (Wildman–Crippen LogP) is 4.24. The molecule has 1 N–H and O–H groups in total. The maximum atomic E-state index is 4.42. The molecule has 2 unspecified atom stereocenters. The normalized spacial score (nSPS) is 23.7. The number of fused-ring (bicyclic) bond motifs is 1. The van der Waals surface area contributed by atoms with Crippen molar-refractivity contribution in [2.75, 3.05) is 11.9 Å². The van der Waals surface area contributed by atoms with Gasteiger partial charge in [0.15, 0.2) is 0 Å². The molecule has 0 bridgehead atoms. The maximum absolute atomic E-state index is 4.42. The highest BCUT2D eigenvalue weighted by Crippen LogP contribution is 2.32. The van der Waals surface area contributed by atoms with E-state index in [4.69, 9.17) is 0 Å². The number of hydrogen-bond donors (Lipinski definition) is 1. The fourth-order valence-electron chi connectivity index (χ4n) is 3.02. The van der Waals surface area contributed by atoms with Gasteiger partial charge in [-0.05, 0) is 36.1 Å². The maximum Gasteiger partial charge on any atom is 0.147 e. The number of thiophene rings is 1. The van der Waals surface area contributed by atoms with Crippen LogP contribution >= 0.6 is 11.3 Å². The molecule has 19 heavy (non-hydrogen) atoms. The van der Waals surface area contributed by atoms with Crippen molar-refractivity contribution in [1.29, 1.82) is 0 Å². The molecular formula is C15H21N3S. The van der Waals surface area contributed by atoms with Crippen LogP contribution in [-0.4, -0.2) is 16.5 Å². The standard InChI is InChI=1S/C15H21N3S/c1-10-5-3-4-6-12(10)7-16-15-14-13(17-9-18-15)11(2)8-19-14/h8-10,12H,3-7H2,1-2H3,(H,16,17,18). The zero-order valence-electron chi connectivity index (χ0n) is 11.6. The Hall–Kier alpha value is -1.16. The van der Waals surface area contributed by atoms with E-state index in [0.29, 0.717) is 0 Å². The molecule has 102 valence electrons. The van der Waals surface area contributed by atoms with Crippen molar-refractivity contribution in [3.8, 4) is 0 Å². The van der Waals surface area contributed by atoms with Gasteiger partial charge in [0.2, 0.25) is 0 Å². The van der Waals surface area contributed by atoms with Gasteiger partial charge in [-0.25, -0.2) is 9.97 Å². The lowest BCUT2D eigenvalue weighted by Gasteiger charge is -2.28. The molecule has 2 heterocycles. The van der Waals surface area contributed by atoms with Crippen molar-refractivity contribution in [3.63, 3.8) is 0 Å². The van der Waals surface area contributed by atoms with E-state index >= 15 is 0 Å². The topological polar surface area (TPSA) is 37.8 Å². The van der Waals surface area contributed by atoms with Gasteiger partial charge in [0.25, 0.3) is 0 Å². The van der Waals surface area contributed by atoms with E-state index in [1.54, 1.807) is 17.7 Å². The van der Waals surface area contributed by atoms with Gasteiger partial charge < -0.3 is 5.32 Å². The van der Waals surface area contributed by atoms with Crippen molar-refractivity contribution in [1.82, 2.24) is 9.97 Å². The Morgan fingerprint density at radius 1 is 1.32 bits per heavy atom. The van der Waals surface area contributed by atoms with E-state index in [0.717, 1.165) is 29.7 Å². The van der Waals surface area contributed by atoms with Crippen LogP contribution in [0.2, 0.25) is 0 Å². The lowest BCUT2D eigenvalue weighted by atomic mass is 9.80. The molecular weight excluding hydrogens is 254 g/mol. The zero-order chi connectivity index (χ0) is 13.2. The Morgan fingerprint density at radius 2 is 2.16 bits per heavy atom. The minimum Gasteiger partial charge on any atom is -0.368 e. The number of hydrogen-bond acceptors (Lipinski definition) is 4. The highest BCUT2D eigenvalue weighted by atomic mass is 32.1. The van der Waals surface area contributed by atoms with Gasteiger partial charge in [-0.3, -0.25) is 0 Å². The third-order valence-electron chi connectivity index (χ3n) is 4.35. The van der Waals surface area contributed by atoms with Crippen LogP contribution in [0.3, 0.4) is 0 Å². The Bertz CT molecular complexity index is 564. The van der Waals surface area contributed by atoms with E-state index in [9.17, 15) is 0 Å². The largest absolute Gasteiger partial charge is 0.368 e. The summed E-state index contributed by atoms with van der Waals surface area (Å²) in [5.74, 6) is 2.64. The van der Waals surface area contributed by atoms with Crippen LogP contribution in [0.5, 0.6) is 0 Å². The number of rotatable bonds is 3. The first-order chi connectivity index (χ1) is 9.25. The van der Waals surface area contributed by atoms with E-state index in [2.05, 4.69) is 34.5 Å². The molecule has 1 aliphatic carbocycles. The second kappa shape index (κ2) is 5.45. The smallest absolute Gasteiger partial charge is 0.147 e. The molecule has 0 aromatic carbocycles. The van der Waals surface area contributed by atoms with Crippen LogP contribution in [0.4, 0.5) is 5.82 Å². The second-order valence-electron chi connectivity index (χ2n) is 5.72. The molecule has 1 saturated carbocycles. The van der Waals surface area contributed by atoms with Crippen molar-refractivity contribution < 1.29 is 0 Å². The second-order valence-corrected chi connectivity index (χ2v) is 6.60. The summed E-state index contributed by atoms with van der Waals surface area (Å²) in [4.78, 5) is 8.79. The molecule has 0 aliphatic heterocycles. The Morgan fingerprint density at radius 3 is 3.00 bits per heavy atom. The molecule has 0 radical (unpaired) electrons. The van der Waals surface area contributed by atoms with Crippen LogP contribution in [0.1, 0.15) is 38.2 Å². The van der Waals surface area contributed by atoms with Gasteiger partial charge >= 0.3 is 0 Å². The molecule has 2 aromatic rings. The first-order valence-electron chi connectivity index (χ1n) is 7.18. The van der Waals surface area contributed by atoms with Gasteiger partial charge in [-0.2, -0.15) is 0 Å². The fourth-order valence-corrected chi connectivity index (χ4v) is 3.99. The number of anilines is 1. The lowest BCUT2D eigenvalue weighted by Crippen LogP contribution is -2.24. The summed E-state index contributed by atoms with van der Waals surface area (Å²) in [6.45, 7) is 5.54. The summed E-state index contributed by atoms with van der Waals surface area (Å²) in [5.41, 5.74) is 2.34. The van der Waals surface area contributed by atoms with Gasteiger partial charge in [-0.1, -0.05) is 26.2 Å². The summed E-state index contributed by atoms with van der Waals surface area (Å²) in [6.07, 6.45) is 7.19. The average molecular weight is 275 g/mol. The first kappa shape index (κ1) is 12.9. The third kappa shape index (κ3) is 2.59. The molecule has 2 atom stereocenters. The summed E-state index contributed by atoms with van der Waals surface area (Å²) in [7, 11) is 0. The molecule has 4 heteroatoms. The molecule has 3 nitrogen and oxygen atoms in total. The van der Waals surface area contributed by atoms with Crippen LogP contribution in [0.15, 0.2) is 11.7 Å². The molecule has 1 fully saturated rings. The average Bonchev–Trinajstić information content (AvgIpc) is 2.81. The van der Waals surface area contributed by atoms with E-state index < -0.39 is 0 Å². The predicted molar refractivity (Wildman–Crippen MR) is 81.8 cm³/mol. The number of nitrogens with zero attached hydrogens (tertiary/aromatic N) is 2. The van der Waals surface area contributed by atoms with Crippen molar-refractivity contribution >= 4 is 27.4 Å². The summed E-state index contributed by atoms with van der Waals surface area (Å²) >= 11 is 1.74. The summed E-state index contributed by atoms with van der Waals surface area (Å²) in [5, 5.41) is 5.72. The minimum absolute atomic E-state index is 0.792. The van der Waals surface area contributed by atoms with E-state index in [-0.39, 0.29) is 0 Å². The van der Waals surface area contributed by atoms with Crippen molar-refractivity contribution in [2.45, 2.75) is 39.5 Å². The number of aryl methyl sites for hydroxylation is 1. The van der Waals surface area contributed by atoms with Crippen LogP contribution < -0.4 is 5.32 Å². The van der Waals surface area contributed by atoms with Gasteiger partial charge in [0.05, 0.1) is 10.2 Å². The molecule has 0 spiro atoms. The van der Waals surface area contributed by atoms with Crippen molar-refractivity contribution in [2.24, 2.45) is 11.8 Å². The van der Waals surface area contributed by atoms with Gasteiger partial charge in [0.1, 0.15) is 12.1 Å². The first-order valence-corrected chi connectivity index (χ1v) is 8.06. The monoisotopic (exact) mass is 275 g/mol. The highest BCUT2D eigenvalue weighted by Gasteiger charge is 2.21. The third-order valence-corrected chi connectivity index (χ3v) is 5.45. The number of aromatic nitrogens is 2. The Labute approximate surface area is 118 Å². The zero-order valence-corrected chi connectivity index (χ0v) is 12.5. The molecule has 3 rings (SSSR count). The van der Waals surface area contributed by atoms with Gasteiger partial charge in [-0.15, -0.1) is 11.3 Å². The molecule has 0 amide bonds. The molecule has 1 aliphatic rings. The molecule has 2 aromatic heterocycles. The van der Waals surface area contributed by atoms with Crippen LogP contribution in [0, 0.1) is 18.8 Å². The Balaban J connectivity index is 1.74. The van der Waals surface area contributed by atoms with Crippen LogP contribution in [-0.2, 0) is 0 Å². The van der Waals surface area contributed by atoms with E-state index in [1.807, 2.05) is 0 Å². The minimum atomic E-state index is 0.792. The van der Waals surface area contributed by atoms with Crippen LogP contribution in [0.25, 0.3) is 10.2 Å². The lowest BCUT2D eigenvalue weighted by molar-refractivity contribution is 0.268. The number of nitrogens with one attached hydrogen (secondary N) is 1. The van der Waals surface area contributed by atoms with Gasteiger partial charge in [0, 0.05) is 6.54 Å². The molecule has 0 saturated heterocycles. The summed E-state index contributed by atoms with van der Waals surface area (Å²) < 4.78 is 1.20. The SMILES string of the molecule is Cc1csc2c(NCC3CCCCC3C)ncnc12. The fraction of sp³-hybridized carbons (Fsp3) is 0.600. The van der Waals surface area contributed by atoms with Crippen molar-refractivity contribution in [3.05, 3.63) is 17.3 Å². The quantitative estimate of drug-likeness (QED) is 0.910.